The lowest BCUT2D eigenvalue weighted by Crippen LogP contribution is -2.24. The Labute approximate surface area is 103 Å². The number of carbonyl (C=O) groups excluding carboxylic acids is 1. The Morgan fingerprint density at radius 2 is 1.65 bits per heavy atom. The van der Waals surface area contributed by atoms with Crippen molar-refractivity contribution in [1.82, 2.24) is 5.32 Å². The maximum Gasteiger partial charge on any atom is 0.251 e. The average Bonchev–Trinajstić information content (AvgIpc) is 2.38. The molecule has 17 heavy (non-hydrogen) atoms. The molecule has 94 valence electrons. The zero-order chi connectivity index (χ0) is 12.3. The van der Waals surface area contributed by atoms with E-state index >= 15 is 0 Å². The number of nitrogens with one attached hydrogen (secondary N) is 1. The van der Waals surface area contributed by atoms with E-state index in [9.17, 15) is 4.79 Å². The fraction of sp³-hybridized carbons (Fsp3) is 0.500. The number of unbranched alkanes of at least 4 members (excludes halogenated alkanes) is 4. The van der Waals surface area contributed by atoms with Crippen LogP contribution < -0.4 is 11.1 Å². The summed E-state index contributed by atoms with van der Waals surface area (Å²) in [5.74, 6) is 0.0209. The second-order valence-electron chi connectivity index (χ2n) is 4.18. The van der Waals surface area contributed by atoms with Gasteiger partial charge < -0.3 is 11.1 Å². The van der Waals surface area contributed by atoms with Crippen LogP contribution in [0.4, 0.5) is 0 Å². The fourth-order valence-electron chi connectivity index (χ4n) is 1.69. The Balaban J connectivity index is 2.05. The number of carbonyl (C=O) groups is 1. The van der Waals surface area contributed by atoms with E-state index in [4.69, 9.17) is 5.73 Å². The monoisotopic (exact) mass is 234 g/mol. The zero-order valence-electron chi connectivity index (χ0n) is 10.3. The Kier molecular flexibility index (Phi) is 7.07. The second-order valence-corrected chi connectivity index (χ2v) is 4.18. The van der Waals surface area contributed by atoms with E-state index in [1.54, 1.807) is 0 Å². The standard InChI is InChI=1S/C14H22N2O/c15-11-7-2-1-3-8-12-16-14(17)13-9-5-4-6-10-13/h4-6,9-10H,1-3,7-8,11-12,15H2,(H,16,17). The van der Waals surface area contributed by atoms with Gasteiger partial charge in [0.1, 0.15) is 0 Å². The van der Waals surface area contributed by atoms with Crippen molar-refractivity contribution in [2.45, 2.75) is 32.1 Å². The lowest BCUT2D eigenvalue weighted by Gasteiger charge is -2.04. The van der Waals surface area contributed by atoms with E-state index in [0.29, 0.717) is 0 Å². The van der Waals surface area contributed by atoms with Crippen LogP contribution in [0.2, 0.25) is 0 Å². The van der Waals surface area contributed by atoms with Crippen molar-refractivity contribution in [3.8, 4) is 0 Å². The number of amides is 1. The molecule has 0 aromatic heterocycles. The summed E-state index contributed by atoms with van der Waals surface area (Å²) in [4.78, 5) is 11.7. The maximum atomic E-state index is 11.7. The molecule has 1 aromatic rings. The summed E-state index contributed by atoms with van der Waals surface area (Å²) in [6, 6.07) is 9.32. The molecule has 0 heterocycles. The first-order chi connectivity index (χ1) is 8.34. The normalized spacial score (nSPS) is 10.2. The Bertz CT molecular complexity index is 311. The molecule has 1 aromatic carbocycles. The summed E-state index contributed by atoms with van der Waals surface area (Å²) in [7, 11) is 0. The lowest BCUT2D eigenvalue weighted by atomic mass is 10.1. The molecule has 0 saturated heterocycles. The third-order valence-electron chi connectivity index (χ3n) is 2.70. The molecule has 3 nitrogen and oxygen atoms in total. The van der Waals surface area contributed by atoms with Crippen molar-refractivity contribution in [2.24, 2.45) is 5.73 Å². The van der Waals surface area contributed by atoms with Gasteiger partial charge in [0.2, 0.25) is 0 Å². The van der Waals surface area contributed by atoms with Crippen molar-refractivity contribution >= 4 is 5.91 Å². The van der Waals surface area contributed by atoms with E-state index in [1.165, 1.54) is 12.8 Å². The number of nitrogens with two attached hydrogens (primary N) is 1. The van der Waals surface area contributed by atoms with Gasteiger partial charge in [-0.2, -0.15) is 0 Å². The van der Waals surface area contributed by atoms with E-state index in [2.05, 4.69) is 5.32 Å². The highest BCUT2D eigenvalue weighted by molar-refractivity contribution is 5.94. The second kappa shape index (κ2) is 8.76. The van der Waals surface area contributed by atoms with Crippen LogP contribution in [0.1, 0.15) is 42.5 Å². The summed E-state index contributed by atoms with van der Waals surface area (Å²) in [6.45, 7) is 1.54. The predicted molar refractivity (Wildman–Crippen MR) is 70.9 cm³/mol. The van der Waals surface area contributed by atoms with Gasteiger partial charge >= 0.3 is 0 Å². The average molecular weight is 234 g/mol. The molecule has 1 rings (SSSR count). The topological polar surface area (TPSA) is 55.1 Å². The van der Waals surface area contributed by atoms with E-state index < -0.39 is 0 Å². The van der Waals surface area contributed by atoms with Crippen molar-refractivity contribution in [3.05, 3.63) is 35.9 Å². The molecule has 1 amide bonds. The van der Waals surface area contributed by atoms with E-state index in [0.717, 1.165) is 37.9 Å². The maximum absolute atomic E-state index is 11.7. The highest BCUT2D eigenvalue weighted by Gasteiger charge is 2.02. The van der Waals surface area contributed by atoms with Crippen LogP contribution >= 0.6 is 0 Å². The van der Waals surface area contributed by atoms with Crippen LogP contribution in [-0.4, -0.2) is 19.0 Å². The first kappa shape index (κ1) is 13.7. The molecule has 0 aliphatic heterocycles. The largest absolute Gasteiger partial charge is 0.352 e. The number of hydrogen-bond acceptors (Lipinski definition) is 2. The summed E-state index contributed by atoms with van der Waals surface area (Å²) in [5, 5.41) is 2.93. The SMILES string of the molecule is NCCCCCCCNC(=O)c1ccccc1. The van der Waals surface area contributed by atoms with Gasteiger partial charge in [-0.1, -0.05) is 37.5 Å². The minimum absolute atomic E-state index is 0.0209. The zero-order valence-corrected chi connectivity index (χ0v) is 10.3. The highest BCUT2D eigenvalue weighted by Crippen LogP contribution is 2.02. The van der Waals surface area contributed by atoms with Gasteiger partial charge in [0.25, 0.3) is 5.91 Å². The summed E-state index contributed by atoms with van der Waals surface area (Å²) < 4.78 is 0. The first-order valence-corrected chi connectivity index (χ1v) is 6.38. The number of benzene rings is 1. The molecule has 0 aliphatic carbocycles. The molecule has 0 fully saturated rings. The molecule has 0 atom stereocenters. The number of rotatable bonds is 8. The highest BCUT2D eigenvalue weighted by atomic mass is 16.1. The summed E-state index contributed by atoms with van der Waals surface area (Å²) in [5.41, 5.74) is 6.15. The van der Waals surface area contributed by atoms with E-state index in [1.807, 2.05) is 30.3 Å². The first-order valence-electron chi connectivity index (χ1n) is 6.38. The van der Waals surface area contributed by atoms with Crippen molar-refractivity contribution < 1.29 is 4.79 Å². The van der Waals surface area contributed by atoms with Gasteiger partial charge in [-0.3, -0.25) is 4.79 Å². The molecule has 0 aliphatic rings. The Morgan fingerprint density at radius 3 is 2.35 bits per heavy atom. The van der Waals surface area contributed by atoms with Gasteiger partial charge in [-0.05, 0) is 31.5 Å². The van der Waals surface area contributed by atoms with Crippen LogP contribution in [-0.2, 0) is 0 Å². The van der Waals surface area contributed by atoms with Gasteiger partial charge in [-0.15, -0.1) is 0 Å². The van der Waals surface area contributed by atoms with Crippen LogP contribution in [0.5, 0.6) is 0 Å². The van der Waals surface area contributed by atoms with Crippen LogP contribution in [0.15, 0.2) is 30.3 Å². The molecule has 0 radical (unpaired) electrons. The van der Waals surface area contributed by atoms with Crippen molar-refractivity contribution in [1.29, 1.82) is 0 Å². The molecule has 3 N–H and O–H groups in total. The molecule has 3 heteroatoms. The van der Waals surface area contributed by atoms with Crippen molar-refractivity contribution in [3.63, 3.8) is 0 Å². The molecular weight excluding hydrogens is 212 g/mol. The third-order valence-corrected chi connectivity index (χ3v) is 2.70. The summed E-state index contributed by atoms with van der Waals surface area (Å²) >= 11 is 0. The summed E-state index contributed by atoms with van der Waals surface area (Å²) in [6.07, 6.45) is 5.72. The Hall–Kier alpha value is -1.35. The van der Waals surface area contributed by atoms with Gasteiger partial charge in [0.05, 0.1) is 0 Å². The Morgan fingerprint density at radius 1 is 1.00 bits per heavy atom. The predicted octanol–water partition coefficient (Wildman–Crippen LogP) is 2.33. The van der Waals surface area contributed by atoms with E-state index in [-0.39, 0.29) is 5.91 Å². The minimum Gasteiger partial charge on any atom is -0.352 e. The van der Waals surface area contributed by atoms with Crippen LogP contribution in [0, 0.1) is 0 Å². The van der Waals surface area contributed by atoms with Gasteiger partial charge in [-0.25, -0.2) is 0 Å². The quantitative estimate of drug-likeness (QED) is 0.678. The van der Waals surface area contributed by atoms with Crippen LogP contribution in [0.25, 0.3) is 0 Å². The lowest BCUT2D eigenvalue weighted by molar-refractivity contribution is 0.0953. The molecular formula is C14H22N2O. The molecule has 0 unspecified atom stereocenters. The minimum atomic E-state index is 0.0209. The molecule has 0 bridgehead atoms. The molecule has 0 spiro atoms. The van der Waals surface area contributed by atoms with Crippen LogP contribution in [0.3, 0.4) is 0 Å². The third kappa shape index (κ3) is 6.07. The van der Waals surface area contributed by atoms with Crippen molar-refractivity contribution in [2.75, 3.05) is 13.1 Å². The van der Waals surface area contributed by atoms with Gasteiger partial charge in [0.15, 0.2) is 0 Å². The molecule has 0 saturated carbocycles. The smallest absolute Gasteiger partial charge is 0.251 e. The van der Waals surface area contributed by atoms with Gasteiger partial charge in [0, 0.05) is 12.1 Å². The fourth-order valence-corrected chi connectivity index (χ4v) is 1.69. The number of hydrogen-bond donors (Lipinski definition) is 2.